The standard InChI is InChI=1S/C15H19Si.3ClH.Ti/c1-4-13-10-11-15(12-13)16(2,3)14-8-6-5-7-9-14;;;;/h5-12H,4H2,1-3H3;3*1H;/q;;;;+3/p-3. The molecular weight excluding hydrogens is 362 g/mol. The summed E-state index contributed by atoms with van der Waals surface area (Å²) >= 11 is 2.39. The molecule has 0 fully saturated rings. The average Bonchev–Trinajstić information content (AvgIpc) is 2.74. The van der Waals surface area contributed by atoms with Gasteiger partial charge in [0.25, 0.3) is 0 Å². The molecule has 2 rings (SSSR count). The van der Waals surface area contributed by atoms with Crippen molar-refractivity contribution in [2.75, 3.05) is 0 Å². The van der Waals surface area contributed by atoms with Crippen LogP contribution in [0.4, 0.5) is 0 Å². The van der Waals surface area contributed by atoms with E-state index in [1.807, 2.05) is 0 Å². The van der Waals surface area contributed by atoms with Gasteiger partial charge in [-0.1, -0.05) is 0 Å². The van der Waals surface area contributed by atoms with E-state index in [9.17, 15) is 0 Å². The maximum absolute atomic E-state index is 2.49. The van der Waals surface area contributed by atoms with Crippen molar-refractivity contribution in [2.45, 2.75) is 29.8 Å². The molecule has 108 valence electrons. The van der Waals surface area contributed by atoms with Crippen LogP contribution in [0.3, 0.4) is 0 Å². The molecule has 1 aromatic rings. The van der Waals surface area contributed by atoms with Crippen LogP contribution in [0, 0.1) is 0 Å². The second kappa shape index (κ2) is 8.83. The average molecular weight is 382 g/mol. The fraction of sp³-hybridized carbons (Fsp3) is 0.333. The fourth-order valence-electron chi connectivity index (χ4n) is 2.33. The summed E-state index contributed by atoms with van der Waals surface area (Å²) in [7, 11) is -1.49. The van der Waals surface area contributed by atoms with Gasteiger partial charge < -0.3 is 37.2 Å². The van der Waals surface area contributed by atoms with Crippen molar-refractivity contribution in [2.24, 2.45) is 0 Å². The first-order chi connectivity index (χ1) is 7.99. The first-order valence-electron chi connectivity index (χ1n) is 6.21. The van der Waals surface area contributed by atoms with E-state index in [1.54, 1.807) is 5.19 Å². The van der Waals surface area contributed by atoms with Gasteiger partial charge in [0.1, 0.15) is 0 Å². The number of rotatable bonds is 3. The Kier molecular flexibility index (Phi) is 10.1. The molecule has 0 saturated heterocycles. The minimum atomic E-state index is -1.49. The second-order valence-electron chi connectivity index (χ2n) is 5.27. The zero-order valence-electron chi connectivity index (χ0n) is 12.0. The number of benzene rings is 1. The van der Waals surface area contributed by atoms with Crippen LogP contribution in [0.5, 0.6) is 0 Å². The SMILES string of the molecule is CCC1=C[C]([Ti+3])([Si](C)(C)c2ccccc2)C=C1.[Cl-].[Cl-].[Cl-]. The van der Waals surface area contributed by atoms with E-state index >= 15 is 0 Å². The van der Waals surface area contributed by atoms with Crippen molar-refractivity contribution in [3.8, 4) is 0 Å². The third-order valence-corrected chi connectivity index (χ3v) is 11.5. The van der Waals surface area contributed by atoms with Crippen LogP contribution in [0.25, 0.3) is 0 Å². The van der Waals surface area contributed by atoms with E-state index in [1.165, 1.54) is 5.57 Å². The topological polar surface area (TPSA) is 0 Å². The van der Waals surface area contributed by atoms with Gasteiger partial charge in [0.05, 0.1) is 0 Å². The molecule has 1 unspecified atom stereocenters. The molecule has 1 atom stereocenters. The quantitative estimate of drug-likeness (QED) is 0.459. The smallest absolute Gasteiger partial charge is 1.00 e. The van der Waals surface area contributed by atoms with Crippen molar-refractivity contribution >= 4 is 13.3 Å². The minimum absolute atomic E-state index is 0. The predicted molar refractivity (Wildman–Crippen MR) is 73.8 cm³/mol. The molecule has 0 saturated carbocycles. The summed E-state index contributed by atoms with van der Waals surface area (Å²) in [6, 6.07) is 11.0. The molecular formula is C15H19Cl3SiTi. The van der Waals surface area contributed by atoms with Crippen LogP contribution in [-0.2, 0) is 20.4 Å². The van der Waals surface area contributed by atoms with E-state index in [-0.39, 0.29) is 40.6 Å². The van der Waals surface area contributed by atoms with Crippen LogP contribution in [0.1, 0.15) is 13.3 Å². The van der Waals surface area contributed by atoms with E-state index in [4.69, 9.17) is 0 Å². The molecule has 20 heavy (non-hydrogen) atoms. The molecule has 0 radical (unpaired) electrons. The number of hydrogen-bond acceptors (Lipinski definition) is 0. The number of allylic oxidation sites excluding steroid dienone is 4. The molecule has 0 nitrogen and oxygen atoms in total. The summed E-state index contributed by atoms with van der Waals surface area (Å²) in [5.41, 5.74) is 1.49. The van der Waals surface area contributed by atoms with Gasteiger partial charge in [0.15, 0.2) is 0 Å². The van der Waals surface area contributed by atoms with Gasteiger partial charge in [-0.15, -0.1) is 0 Å². The third-order valence-electron chi connectivity index (χ3n) is 3.91. The molecule has 0 aromatic heterocycles. The van der Waals surface area contributed by atoms with E-state index < -0.39 is 8.07 Å². The monoisotopic (exact) mass is 380 g/mol. The Hall–Kier alpha value is 0.501. The Balaban J connectivity index is 0. The van der Waals surface area contributed by atoms with Gasteiger partial charge in [-0.25, -0.2) is 0 Å². The first kappa shape index (κ1) is 22.8. The van der Waals surface area contributed by atoms with Gasteiger partial charge in [-0.2, -0.15) is 0 Å². The van der Waals surface area contributed by atoms with Gasteiger partial charge in [0.2, 0.25) is 0 Å². The zero-order valence-corrected chi connectivity index (χ0v) is 16.8. The van der Waals surface area contributed by atoms with Gasteiger partial charge in [0, 0.05) is 0 Å². The largest absolute Gasteiger partial charge is 1.00 e. The third kappa shape index (κ3) is 4.25. The predicted octanol–water partition coefficient (Wildman–Crippen LogP) is -5.24. The minimum Gasteiger partial charge on any atom is -1.00 e. The molecule has 1 aliphatic carbocycles. The number of hydrogen-bond donors (Lipinski definition) is 0. The summed E-state index contributed by atoms with van der Waals surface area (Å²) < 4.78 is 0.264. The van der Waals surface area contributed by atoms with E-state index in [0.29, 0.717) is 0 Å². The molecule has 0 heterocycles. The van der Waals surface area contributed by atoms with Gasteiger partial charge in [-0.3, -0.25) is 0 Å². The molecule has 1 aliphatic rings. The Morgan fingerprint density at radius 1 is 1.05 bits per heavy atom. The summed E-state index contributed by atoms with van der Waals surface area (Å²) in [6.07, 6.45) is 8.38. The van der Waals surface area contributed by atoms with Crippen molar-refractivity contribution in [3.63, 3.8) is 0 Å². The number of halogens is 3. The van der Waals surface area contributed by atoms with Crippen LogP contribution < -0.4 is 42.4 Å². The summed E-state index contributed by atoms with van der Waals surface area (Å²) in [5, 5.41) is 1.54. The van der Waals surface area contributed by atoms with E-state index in [0.717, 1.165) is 6.42 Å². The zero-order chi connectivity index (χ0) is 12.5. The van der Waals surface area contributed by atoms with Crippen LogP contribution >= 0.6 is 0 Å². The van der Waals surface area contributed by atoms with Crippen LogP contribution in [0.15, 0.2) is 54.1 Å². The summed E-state index contributed by atoms with van der Waals surface area (Å²) in [5.74, 6) is 0. The molecule has 0 N–H and O–H groups in total. The van der Waals surface area contributed by atoms with Crippen LogP contribution in [0.2, 0.25) is 16.4 Å². The molecule has 0 aliphatic heterocycles. The fourth-order valence-corrected chi connectivity index (χ4v) is 5.97. The summed E-state index contributed by atoms with van der Waals surface area (Å²) in [4.78, 5) is 0. The molecule has 0 amide bonds. The van der Waals surface area contributed by atoms with Crippen molar-refractivity contribution in [1.82, 2.24) is 0 Å². The first-order valence-corrected chi connectivity index (χ1v) is 9.99. The summed E-state index contributed by atoms with van der Waals surface area (Å²) in [6.45, 7) is 7.18. The Bertz CT molecular complexity index is 471. The molecule has 5 heteroatoms. The van der Waals surface area contributed by atoms with Gasteiger partial charge >= 0.3 is 118 Å². The second-order valence-corrected chi connectivity index (χ2v) is 12.0. The normalized spacial score (nSPS) is 20.4. The Labute approximate surface area is 154 Å². The van der Waals surface area contributed by atoms with Gasteiger partial charge in [-0.05, 0) is 0 Å². The molecule has 0 bridgehead atoms. The maximum Gasteiger partial charge on any atom is -1.00 e. The van der Waals surface area contributed by atoms with Crippen molar-refractivity contribution < 1.29 is 57.7 Å². The maximum atomic E-state index is 2.49. The van der Waals surface area contributed by atoms with E-state index in [2.05, 4.69) is 89.0 Å². The van der Waals surface area contributed by atoms with Crippen molar-refractivity contribution in [1.29, 1.82) is 0 Å². The Morgan fingerprint density at radius 2 is 1.60 bits per heavy atom. The van der Waals surface area contributed by atoms with Crippen molar-refractivity contribution in [3.05, 3.63) is 54.1 Å². The molecule has 1 aromatic carbocycles. The molecule has 0 spiro atoms. The Morgan fingerprint density at radius 3 is 2.05 bits per heavy atom. The van der Waals surface area contributed by atoms with Crippen LogP contribution in [-0.4, -0.2) is 8.07 Å².